The lowest BCUT2D eigenvalue weighted by atomic mass is 9.82. The van der Waals surface area contributed by atoms with Crippen LogP contribution in [-0.4, -0.2) is 50.2 Å². The van der Waals surface area contributed by atoms with Crippen molar-refractivity contribution in [2.45, 2.75) is 37.1 Å². The molecule has 3 aromatic carbocycles. The number of methoxy groups -OCH3 is 1. The number of ether oxygens (including phenoxy) is 2. The first-order chi connectivity index (χ1) is 17.4. The van der Waals surface area contributed by atoms with Gasteiger partial charge >= 0.3 is 6.09 Å². The van der Waals surface area contributed by atoms with Crippen molar-refractivity contribution in [1.29, 1.82) is 0 Å². The van der Waals surface area contributed by atoms with Gasteiger partial charge in [0, 0.05) is 31.6 Å². The molecule has 0 bridgehead atoms. The molecule has 36 heavy (non-hydrogen) atoms. The van der Waals surface area contributed by atoms with Crippen LogP contribution in [0, 0.1) is 11.6 Å². The van der Waals surface area contributed by atoms with Gasteiger partial charge in [0.2, 0.25) is 0 Å². The number of hydrogen-bond donors (Lipinski definition) is 2. The maximum Gasteiger partial charge on any atom is 0.413 e. The number of aliphatic hydroxyl groups excluding tert-OH is 1. The summed E-state index contributed by atoms with van der Waals surface area (Å²) < 4.78 is 38.0. The Morgan fingerprint density at radius 3 is 2.08 bits per heavy atom. The third-order valence-corrected chi connectivity index (χ3v) is 6.60. The second kappa shape index (κ2) is 11.6. The van der Waals surface area contributed by atoms with E-state index in [4.69, 9.17) is 9.47 Å². The van der Waals surface area contributed by atoms with E-state index in [9.17, 15) is 18.7 Å². The summed E-state index contributed by atoms with van der Waals surface area (Å²) in [5.74, 6) is -0.952. The minimum absolute atomic E-state index is 0.277. The number of nitrogens with zero attached hydrogens (tertiary/aromatic N) is 1. The first-order valence-electron chi connectivity index (χ1n) is 11.8. The highest BCUT2D eigenvalue weighted by Crippen LogP contribution is 2.35. The summed E-state index contributed by atoms with van der Waals surface area (Å²) in [6.45, 7) is 0.797. The van der Waals surface area contributed by atoms with Crippen molar-refractivity contribution < 1.29 is 28.2 Å². The molecule has 1 amide bonds. The predicted molar refractivity (Wildman–Crippen MR) is 133 cm³/mol. The SMILES string of the molecule is COC(=O)N(C)c1ccc(CNC2COC(C(c3ccc(F)cc3)c3ccc(F)cc3)CC2O)cc1. The Labute approximate surface area is 209 Å². The van der Waals surface area contributed by atoms with Crippen molar-refractivity contribution in [1.82, 2.24) is 5.32 Å². The van der Waals surface area contributed by atoms with Crippen LogP contribution in [0.2, 0.25) is 0 Å². The molecule has 4 rings (SSSR count). The lowest BCUT2D eigenvalue weighted by molar-refractivity contribution is -0.0718. The van der Waals surface area contributed by atoms with E-state index in [1.807, 2.05) is 24.3 Å². The second-order valence-corrected chi connectivity index (χ2v) is 8.94. The van der Waals surface area contributed by atoms with Crippen molar-refractivity contribution in [3.05, 3.63) is 101 Å². The van der Waals surface area contributed by atoms with Crippen molar-refractivity contribution >= 4 is 11.8 Å². The van der Waals surface area contributed by atoms with E-state index < -0.39 is 12.2 Å². The van der Waals surface area contributed by atoms with Crippen LogP contribution in [0.1, 0.15) is 29.0 Å². The molecule has 8 heteroatoms. The lowest BCUT2D eigenvalue weighted by Gasteiger charge is -2.38. The van der Waals surface area contributed by atoms with Gasteiger partial charge in [-0.25, -0.2) is 13.6 Å². The van der Waals surface area contributed by atoms with Crippen LogP contribution < -0.4 is 10.2 Å². The van der Waals surface area contributed by atoms with Gasteiger partial charge in [-0.2, -0.15) is 0 Å². The molecular formula is C28H30F2N2O4. The molecule has 2 N–H and O–H groups in total. The van der Waals surface area contributed by atoms with Gasteiger partial charge in [-0.05, 0) is 53.1 Å². The average Bonchev–Trinajstić information content (AvgIpc) is 2.90. The number of hydrogen-bond acceptors (Lipinski definition) is 5. The number of rotatable bonds is 7. The minimum Gasteiger partial charge on any atom is -0.452 e. The van der Waals surface area contributed by atoms with Crippen molar-refractivity contribution in [3.63, 3.8) is 0 Å². The van der Waals surface area contributed by atoms with Crippen molar-refractivity contribution in [2.75, 3.05) is 25.7 Å². The van der Waals surface area contributed by atoms with E-state index in [2.05, 4.69) is 5.32 Å². The van der Waals surface area contributed by atoms with Crippen LogP contribution in [0.5, 0.6) is 0 Å². The summed E-state index contributed by atoms with van der Waals surface area (Å²) in [6, 6.07) is 19.5. The number of anilines is 1. The van der Waals surface area contributed by atoms with Gasteiger partial charge in [0.15, 0.2) is 0 Å². The first-order valence-corrected chi connectivity index (χ1v) is 11.8. The number of benzene rings is 3. The van der Waals surface area contributed by atoms with E-state index >= 15 is 0 Å². The van der Waals surface area contributed by atoms with Gasteiger partial charge in [-0.3, -0.25) is 4.90 Å². The van der Waals surface area contributed by atoms with Gasteiger partial charge in [-0.15, -0.1) is 0 Å². The number of halogens is 2. The number of amides is 1. The highest BCUT2D eigenvalue weighted by Gasteiger charge is 2.35. The summed E-state index contributed by atoms with van der Waals surface area (Å²) in [7, 11) is 2.97. The molecule has 0 saturated carbocycles. The van der Waals surface area contributed by atoms with E-state index in [0.29, 0.717) is 18.7 Å². The van der Waals surface area contributed by atoms with Crippen LogP contribution in [0.4, 0.5) is 19.3 Å². The largest absolute Gasteiger partial charge is 0.452 e. The normalized spacial score (nSPS) is 19.8. The first kappa shape index (κ1) is 25.8. The van der Waals surface area contributed by atoms with E-state index in [0.717, 1.165) is 16.7 Å². The fraction of sp³-hybridized carbons (Fsp3) is 0.321. The summed E-state index contributed by atoms with van der Waals surface area (Å²) in [4.78, 5) is 13.1. The molecule has 3 aromatic rings. The maximum absolute atomic E-state index is 13.5. The monoisotopic (exact) mass is 496 g/mol. The Balaban J connectivity index is 1.40. The molecule has 0 aliphatic carbocycles. The lowest BCUT2D eigenvalue weighted by Crippen LogP contribution is -2.50. The van der Waals surface area contributed by atoms with Gasteiger partial charge in [-0.1, -0.05) is 36.4 Å². The molecule has 1 aliphatic rings. The number of aliphatic hydroxyl groups is 1. The molecule has 190 valence electrons. The van der Waals surface area contributed by atoms with Gasteiger partial charge in [0.05, 0.1) is 32.0 Å². The molecule has 1 fully saturated rings. The number of carbonyl (C=O) groups is 1. The molecule has 0 radical (unpaired) electrons. The maximum atomic E-state index is 13.5. The topological polar surface area (TPSA) is 71.0 Å². The van der Waals surface area contributed by atoms with Crippen LogP contribution in [-0.2, 0) is 16.0 Å². The molecule has 1 saturated heterocycles. The van der Waals surface area contributed by atoms with Crippen molar-refractivity contribution in [3.8, 4) is 0 Å². The van der Waals surface area contributed by atoms with Gasteiger partial charge in [0.1, 0.15) is 11.6 Å². The Hall–Kier alpha value is -3.33. The van der Waals surface area contributed by atoms with E-state index in [-0.39, 0.29) is 36.3 Å². The molecular weight excluding hydrogens is 466 g/mol. The molecule has 6 nitrogen and oxygen atoms in total. The van der Waals surface area contributed by atoms with E-state index in [1.165, 1.54) is 36.3 Å². The third-order valence-electron chi connectivity index (χ3n) is 6.60. The van der Waals surface area contributed by atoms with Crippen molar-refractivity contribution in [2.24, 2.45) is 0 Å². The zero-order valence-electron chi connectivity index (χ0n) is 20.2. The summed E-state index contributed by atoms with van der Waals surface area (Å²) >= 11 is 0. The van der Waals surface area contributed by atoms with Gasteiger partial charge in [0.25, 0.3) is 0 Å². The molecule has 1 heterocycles. The Kier molecular flexibility index (Phi) is 8.30. The summed E-state index contributed by atoms with van der Waals surface area (Å²) in [5, 5.41) is 14.3. The Morgan fingerprint density at radius 2 is 1.58 bits per heavy atom. The molecule has 3 unspecified atom stereocenters. The zero-order chi connectivity index (χ0) is 25.7. The smallest absolute Gasteiger partial charge is 0.413 e. The van der Waals surface area contributed by atoms with Crippen LogP contribution in [0.25, 0.3) is 0 Å². The zero-order valence-corrected chi connectivity index (χ0v) is 20.2. The second-order valence-electron chi connectivity index (χ2n) is 8.94. The summed E-state index contributed by atoms with van der Waals surface area (Å²) in [5.41, 5.74) is 3.37. The average molecular weight is 497 g/mol. The quantitative estimate of drug-likeness (QED) is 0.500. The Bertz CT molecular complexity index is 1090. The molecule has 0 aromatic heterocycles. The van der Waals surface area contributed by atoms with Gasteiger partial charge < -0.3 is 19.9 Å². The third kappa shape index (κ3) is 6.07. The van der Waals surface area contributed by atoms with Crippen LogP contribution in [0.3, 0.4) is 0 Å². The number of nitrogens with one attached hydrogen (secondary N) is 1. The molecule has 3 atom stereocenters. The van der Waals surface area contributed by atoms with Crippen LogP contribution >= 0.6 is 0 Å². The minimum atomic E-state index is -0.670. The Morgan fingerprint density at radius 1 is 1.03 bits per heavy atom. The standard InChI is InChI=1S/C28H30F2N2O4/c1-32(28(34)35-2)23-13-3-18(4-14-23)16-31-24-17-36-26(15-25(24)33)27(19-5-9-21(29)10-6-19)20-7-11-22(30)12-8-20/h3-14,24-27,31,33H,15-17H2,1-2H3. The summed E-state index contributed by atoms with van der Waals surface area (Å²) in [6.07, 6.45) is -1.11. The van der Waals surface area contributed by atoms with Crippen LogP contribution in [0.15, 0.2) is 72.8 Å². The van der Waals surface area contributed by atoms with E-state index in [1.54, 1.807) is 31.3 Å². The fourth-order valence-corrected chi connectivity index (χ4v) is 4.53. The molecule has 1 aliphatic heterocycles. The molecule has 0 spiro atoms. The number of carbonyl (C=O) groups excluding carboxylic acids is 1. The highest BCUT2D eigenvalue weighted by molar-refractivity contribution is 5.86. The predicted octanol–water partition coefficient (Wildman–Crippen LogP) is 4.61. The highest BCUT2D eigenvalue weighted by atomic mass is 19.1. The fourth-order valence-electron chi connectivity index (χ4n) is 4.53.